The van der Waals surface area contributed by atoms with Crippen molar-refractivity contribution in [3.8, 4) is 11.4 Å². The van der Waals surface area contributed by atoms with Crippen LogP contribution in [0.25, 0.3) is 5.69 Å². The first-order chi connectivity index (χ1) is 17.4. The molecule has 0 radical (unpaired) electrons. The predicted molar refractivity (Wildman–Crippen MR) is 151 cm³/mol. The first-order valence-corrected chi connectivity index (χ1v) is 12.8. The topological polar surface area (TPSA) is 42.3 Å². The molecular formula is C29H29ClN4OS. The predicted octanol–water partition coefficient (Wildman–Crippen LogP) is 6.89. The maximum absolute atomic E-state index is 6.54. The van der Waals surface area contributed by atoms with E-state index in [0.29, 0.717) is 15.9 Å². The molecule has 5 rings (SSSR count). The van der Waals surface area contributed by atoms with Crippen LogP contribution < -0.4 is 15.0 Å². The van der Waals surface area contributed by atoms with Crippen LogP contribution in [0.15, 0.2) is 72.9 Å². The van der Waals surface area contributed by atoms with E-state index in [0.717, 1.165) is 29.2 Å². The van der Waals surface area contributed by atoms with Crippen LogP contribution in [0.2, 0.25) is 5.02 Å². The third-order valence-electron chi connectivity index (χ3n) is 6.90. The number of anilines is 1. The van der Waals surface area contributed by atoms with Crippen LogP contribution in [-0.2, 0) is 6.42 Å². The van der Waals surface area contributed by atoms with Gasteiger partial charge in [-0.05, 0) is 92.1 Å². The van der Waals surface area contributed by atoms with Crippen molar-refractivity contribution in [1.82, 2.24) is 14.9 Å². The zero-order chi connectivity index (χ0) is 25.4. The lowest BCUT2D eigenvalue weighted by Crippen LogP contribution is -2.29. The van der Waals surface area contributed by atoms with Gasteiger partial charge in [-0.25, -0.2) is 0 Å². The van der Waals surface area contributed by atoms with Crippen LogP contribution in [0.1, 0.15) is 47.2 Å². The summed E-state index contributed by atoms with van der Waals surface area (Å²) in [6, 6.07) is 22.6. The van der Waals surface area contributed by atoms with Crippen LogP contribution in [0, 0.1) is 13.8 Å². The Bertz CT molecular complexity index is 1400. The smallest absolute Gasteiger partial charge is 0.174 e. The summed E-state index contributed by atoms with van der Waals surface area (Å²) in [6.07, 6.45) is 2.84. The Labute approximate surface area is 222 Å². The Morgan fingerprint density at radius 2 is 1.78 bits per heavy atom. The summed E-state index contributed by atoms with van der Waals surface area (Å²) in [5, 5.41) is 4.71. The summed E-state index contributed by atoms with van der Waals surface area (Å²) in [4.78, 5) is 6.82. The summed E-state index contributed by atoms with van der Waals surface area (Å²) >= 11 is 12.4. The number of halogens is 1. The van der Waals surface area contributed by atoms with Gasteiger partial charge in [0.25, 0.3) is 0 Å². The Morgan fingerprint density at radius 3 is 2.42 bits per heavy atom. The normalized spacial score (nSPS) is 17.4. The molecule has 0 bridgehead atoms. The third kappa shape index (κ3) is 4.25. The van der Waals surface area contributed by atoms with Gasteiger partial charge < -0.3 is 19.5 Å². The van der Waals surface area contributed by atoms with Gasteiger partial charge in [0.15, 0.2) is 5.11 Å². The monoisotopic (exact) mass is 516 g/mol. The number of ether oxygens (including phenoxy) is 1. The molecule has 0 saturated carbocycles. The van der Waals surface area contributed by atoms with Gasteiger partial charge in [0.05, 0.1) is 29.9 Å². The summed E-state index contributed by atoms with van der Waals surface area (Å²) < 4.78 is 7.69. The Balaban J connectivity index is 1.66. The largest absolute Gasteiger partial charge is 0.495 e. The van der Waals surface area contributed by atoms with Crippen LogP contribution in [0.5, 0.6) is 5.75 Å². The minimum Gasteiger partial charge on any atom is -0.495 e. The second kappa shape index (κ2) is 9.96. The molecule has 0 aliphatic carbocycles. The number of pyridine rings is 1. The molecule has 184 valence electrons. The summed E-state index contributed by atoms with van der Waals surface area (Å²) in [5.41, 5.74) is 7.82. The highest BCUT2D eigenvalue weighted by molar-refractivity contribution is 7.80. The van der Waals surface area contributed by atoms with Gasteiger partial charge in [-0.1, -0.05) is 36.7 Å². The molecule has 5 nitrogen and oxygen atoms in total. The van der Waals surface area contributed by atoms with Crippen LogP contribution in [0.3, 0.4) is 0 Å². The molecule has 1 fully saturated rings. The van der Waals surface area contributed by atoms with E-state index in [1.807, 2.05) is 42.6 Å². The van der Waals surface area contributed by atoms with Crippen LogP contribution >= 0.6 is 23.8 Å². The molecular weight excluding hydrogens is 488 g/mol. The standard InChI is InChI=1S/C29H29ClN4OS/c1-5-20-9-11-21(12-10-20)33-18(2)16-23(19(33)3)28-27(25-8-6-7-15-31-25)32-29(36)34(28)22-13-14-26(35-4)24(30)17-22/h6-17,27-28H,5H2,1-4H3,(H,32,36). The lowest BCUT2D eigenvalue weighted by atomic mass is 9.96. The van der Waals surface area contributed by atoms with Gasteiger partial charge in [-0.2, -0.15) is 0 Å². The van der Waals surface area contributed by atoms with Gasteiger partial charge in [-0.3, -0.25) is 4.98 Å². The molecule has 36 heavy (non-hydrogen) atoms. The SMILES string of the molecule is CCc1ccc(-n2c(C)cc(C3C(c4ccccn4)NC(=S)N3c3ccc(OC)c(Cl)c3)c2C)cc1. The summed E-state index contributed by atoms with van der Waals surface area (Å²) in [7, 11) is 1.62. The number of methoxy groups -OCH3 is 1. The highest BCUT2D eigenvalue weighted by atomic mass is 35.5. The highest BCUT2D eigenvalue weighted by Gasteiger charge is 2.42. The molecule has 3 heterocycles. The van der Waals surface area contributed by atoms with Crippen molar-refractivity contribution in [1.29, 1.82) is 0 Å². The first kappa shape index (κ1) is 24.3. The second-order valence-electron chi connectivity index (χ2n) is 9.00. The van der Waals surface area contributed by atoms with E-state index in [1.165, 1.54) is 16.8 Å². The van der Waals surface area contributed by atoms with Crippen molar-refractivity contribution in [2.24, 2.45) is 0 Å². The Hall–Kier alpha value is -3.35. The molecule has 0 spiro atoms. The quantitative estimate of drug-likeness (QED) is 0.283. The lowest BCUT2D eigenvalue weighted by Gasteiger charge is -2.28. The molecule has 2 unspecified atom stereocenters. The number of aryl methyl sites for hydroxylation is 2. The fourth-order valence-corrected chi connectivity index (χ4v) is 5.72. The Kier molecular flexibility index (Phi) is 6.73. The van der Waals surface area contributed by atoms with E-state index in [2.05, 4.69) is 70.9 Å². The van der Waals surface area contributed by atoms with Crippen molar-refractivity contribution in [2.45, 2.75) is 39.3 Å². The molecule has 0 amide bonds. The maximum Gasteiger partial charge on any atom is 0.174 e. The average molecular weight is 517 g/mol. The summed E-state index contributed by atoms with van der Waals surface area (Å²) in [5.74, 6) is 0.630. The van der Waals surface area contributed by atoms with Gasteiger partial charge >= 0.3 is 0 Å². The van der Waals surface area contributed by atoms with E-state index in [-0.39, 0.29) is 12.1 Å². The van der Waals surface area contributed by atoms with E-state index in [1.54, 1.807) is 7.11 Å². The lowest BCUT2D eigenvalue weighted by molar-refractivity contribution is 0.415. The second-order valence-corrected chi connectivity index (χ2v) is 9.79. The highest BCUT2D eigenvalue weighted by Crippen LogP contribution is 2.44. The number of hydrogen-bond acceptors (Lipinski definition) is 3. The maximum atomic E-state index is 6.54. The van der Waals surface area contributed by atoms with E-state index < -0.39 is 0 Å². The number of thiocarbonyl (C=S) groups is 1. The molecule has 1 aliphatic rings. The van der Waals surface area contributed by atoms with E-state index in [9.17, 15) is 0 Å². The fraction of sp³-hybridized carbons (Fsp3) is 0.241. The van der Waals surface area contributed by atoms with Crippen molar-refractivity contribution in [3.05, 3.63) is 106 Å². The van der Waals surface area contributed by atoms with Gasteiger partial charge in [0.1, 0.15) is 5.75 Å². The van der Waals surface area contributed by atoms with Crippen molar-refractivity contribution < 1.29 is 4.74 Å². The minimum absolute atomic E-state index is 0.119. The molecule has 1 aliphatic heterocycles. The molecule has 1 saturated heterocycles. The minimum atomic E-state index is -0.129. The van der Waals surface area contributed by atoms with Gasteiger partial charge in [0, 0.05) is 29.0 Å². The molecule has 7 heteroatoms. The van der Waals surface area contributed by atoms with Gasteiger partial charge in [-0.15, -0.1) is 0 Å². The van der Waals surface area contributed by atoms with Crippen LogP contribution in [-0.4, -0.2) is 21.8 Å². The molecule has 2 aromatic heterocycles. The number of benzene rings is 2. The van der Waals surface area contributed by atoms with E-state index in [4.69, 9.17) is 28.6 Å². The average Bonchev–Trinajstić information content (AvgIpc) is 3.39. The fourth-order valence-electron chi connectivity index (χ4n) is 5.12. The van der Waals surface area contributed by atoms with Crippen LogP contribution in [0.4, 0.5) is 5.69 Å². The zero-order valence-electron chi connectivity index (χ0n) is 20.8. The molecule has 1 N–H and O–H groups in total. The third-order valence-corrected chi connectivity index (χ3v) is 7.51. The van der Waals surface area contributed by atoms with Crippen molar-refractivity contribution >= 4 is 34.6 Å². The molecule has 4 aromatic rings. The van der Waals surface area contributed by atoms with Gasteiger partial charge in [0.2, 0.25) is 0 Å². The molecule has 2 aromatic carbocycles. The number of rotatable bonds is 6. The van der Waals surface area contributed by atoms with Crippen molar-refractivity contribution in [2.75, 3.05) is 12.0 Å². The first-order valence-electron chi connectivity index (χ1n) is 12.0. The number of hydrogen-bond donors (Lipinski definition) is 1. The summed E-state index contributed by atoms with van der Waals surface area (Å²) in [6.45, 7) is 6.49. The zero-order valence-corrected chi connectivity index (χ0v) is 22.4. The number of nitrogens with zero attached hydrogens (tertiary/aromatic N) is 3. The Morgan fingerprint density at radius 1 is 1.03 bits per heavy atom. The number of aromatic nitrogens is 2. The van der Waals surface area contributed by atoms with Crippen molar-refractivity contribution in [3.63, 3.8) is 0 Å². The molecule has 2 atom stereocenters. The van der Waals surface area contributed by atoms with E-state index >= 15 is 0 Å². The number of nitrogens with one attached hydrogen (secondary N) is 1.